The molecule has 0 aromatic carbocycles. The van der Waals surface area contributed by atoms with Crippen LogP contribution in [-0.2, 0) is 11.2 Å². The minimum absolute atomic E-state index is 0.123. The van der Waals surface area contributed by atoms with Gasteiger partial charge >= 0.3 is 0 Å². The Morgan fingerprint density at radius 2 is 2.33 bits per heavy atom. The van der Waals surface area contributed by atoms with Crippen LogP contribution < -0.4 is 5.73 Å². The van der Waals surface area contributed by atoms with Crippen LogP contribution in [0.3, 0.4) is 0 Å². The summed E-state index contributed by atoms with van der Waals surface area (Å²) >= 11 is 0. The quantitative estimate of drug-likeness (QED) is 0.884. The van der Waals surface area contributed by atoms with Crippen molar-refractivity contribution in [3.63, 3.8) is 0 Å². The normalized spacial score (nSPS) is 23.9. The molecule has 2 heterocycles. The largest absolute Gasteiger partial charge is 0.469 e. The third kappa shape index (κ3) is 2.93. The maximum absolute atomic E-state index is 12.1. The lowest BCUT2D eigenvalue weighted by Gasteiger charge is -2.18. The molecule has 0 aliphatic carbocycles. The molecule has 0 spiro atoms. The van der Waals surface area contributed by atoms with Gasteiger partial charge in [-0.1, -0.05) is 13.8 Å². The number of nitrogens with zero attached hydrogens (tertiary/aromatic N) is 1. The van der Waals surface area contributed by atoms with E-state index in [1.165, 1.54) is 0 Å². The molecule has 1 aliphatic rings. The van der Waals surface area contributed by atoms with E-state index < -0.39 is 0 Å². The molecule has 1 saturated heterocycles. The molecule has 1 aliphatic heterocycles. The summed E-state index contributed by atoms with van der Waals surface area (Å²) in [4.78, 5) is 14.0. The number of furan rings is 1. The Bertz CT molecular complexity index is 387. The number of amides is 1. The minimum atomic E-state index is 0.123. The molecule has 2 atom stereocenters. The minimum Gasteiger partial charge on any atom is -0.469 e. The van der Waals surface area contributed by atoms with Crippen molar-refractivity contribution in [1.82, 2.24) is 4.90 Å². The Balaban J connectivity index is 1.83. The van der Waals surface area contributed by atoms with Crippen molar-refractivity contribution in [2.45, 2.75) is 32.7 Å². The lowest BCUT2D eigenvalue weighted by molar-refractivity contribution is -0.130. The number of aryl methyl sites for hydroxylation is 1. The van der Waals surface area contributed by atoms with Crippen molar-refractivity contribution >= 4 is 5.91 Å². The fourth-order valence-electron chi connectivity index (χ4n) is 2.61. The van der Waals surface area contributed by atoms with Crippen molar-refractivity contribution < 1.29 is 9.21 Å². The molecule has 1 fully saturated rings. The zero-order chi connectivity index (χ0) is 13.1. The third-order valence-corrected chi connectivity index (χ3v) is 3.79. The smallest absolute Gasteiger partial charge is 0.223 e. The van der Waals surface area contributed by atoms with E-state index in [1.54, 1.807) is 6.26 Å². The summed E-state index contributed by atoms with van der Waals surface area (Å²) < 4.78 is 5.23. The Morgan fingerprint density at radius 1 is 1.56 bits per heavy atom. The molecule has 4 nitrogen and oxygen atoms in total. The van der Waals surface area contributed by atoms with Gasteiger partial charge in [-0.15, -0.1) is 0 Å². The number of hydrogen-bond donors (Lipinski definition) is 1. The molecule has 1 aromatic heterocycles. The van der Waals surface area contributed by atoms with Crippen molar-refractivity contribution in [3.05, 3.63) is 24.2 Å². The van der Waals surface area contributed by atoms with E-state index >= 15 is 0 Å². The van der Waals surface area contributed by atoms with Gasteiger partial charge in [0.2, 0.25) is 5.91 Å². The average molecular weight is 250 g/mol. The van der Waals surface area contributed by atoms with Crippen molar-refractivity contribution in [2.24, 2.45) is 17.6 Å². The SMILES string of the molecule is CC(C)[C@@H]1CN(C(=O)CCc2ccco2)C[C@H]1N. The topological polar surface area (TPSA) is 59.5 Å². The summed E-state index contributed by atoms with van der Waals surface area (Å²) in [6.45, 7) is 5.83. The maximum Gasteiger partial charge on any atom is 0.223 e. The lowest BCUT2D eigenvalue weighted by Crippen LogP contribution is -2.33. The molecule has 2 rings (SSSR count). The van der Waals surface area contributed by atoms with Gasteiger partial charge < -0.3 is 15.1 Å². The Kier molecular flexibility index (Phi) is 4.07. The van der Waals surface area contributed by atoms with Crippen LogP contribution in [0.2, 0.25) is 0 Å². The zero-order valence-corrected chi connectivity index (χ0v) is 11.1. The first-order valence-electron chi connectivity index (χ1n) is 6.63. The molecule has 100 valence electrons. The number of carbonyl (C=O) groups is 1. The van der Waals surface area contributed by atoms with E-state index in [0.29, 0.717) is 31.2 Å². The molecular weight excluding hydrogens is 228 g/mol. The van der Waals surface area contributed by atoms with Gasteiger partial charge in [0.05, 0.1) is 6.26 Å². The highest BCUT2D eigenvalue weighted by atomic mass is 16.3. The van der Waals surface area contributed by atoms with E-state index in [1.807, 2.05) is 17.0 Å². The molecule has 0 unspecified atom stereocenters. The van der Waals surface area contributed by atoms with Crippen LogP contribution in [0.1, 0.15) is 26.0 Å². The summed E-state index contributed by atoms with van der Waals surface area (Å²) in [5, 5.41) is 0. The van der Waals surface area contributed by atoms with E-state index in [0.717, 1.165) is 12.3 Å². The first-order valence-corrected chi connectivity index (χ1v) is 6.63. The molecule has 0 saturated carbocycles. The number of likely N-dealkylation sites (tertiary alicyclic amines) is 1. The van der Waals surface area contributed by atoms with Crippen LogP contribution in [0.4, 0.5) is 0 Å². The van der Waals surface area contributed by atoms with Gasteiger partial charge in [-0.25, -0.2) is 0 Å². The number of nitrogens with two attached hydrogens (primary N) is 1. The molecule has 4 heteroatoms. The van der Waals surface area contributed by atoms with Gasteiger partial charge in [-0.3, -0.25) is 4.79 Å². The standard InChI is InChI=1S/C14H22N2O2/c1-10(2)12-8-16(9-13(12)15)14(17)6-5-11-4-3-7-18-11/h3-4,7,10,12-13H,5-6,8-9,15H2,1-2H3/t12-,13+/m0/s1. The highest BCUT2D eigenvalue weighted by Crippen LogP contribution is 2.23. The first kappa shape index (κ1) is 13.1. The number of carbonyl (C=O) groups excluding carboxylic acids is 1. The third-order valence-electron chi connectivity index (χ3n) is 3.79. The van der Waals surface area contributed by atoms with Crippen LogP contribution >= 0.6 is 0 Å². The summed E-state index contributed by atoms with van der Waals surface area (Å²) in [7, 11) is 0. The number of hydrogen-bond acceptors (Lipinski definition) is 3. The fraction of sp³-hybridized carbons (Fsp3) is 0.643. The first-order chi connectivity index (χ1) is 8.58. The van der Waals surface area contributed by atoms with Gasteiger partial charge in [-0.2, -0.15) is 0 Å². The predicted molar refractivity (Wildman–Crippen MR) is 69.9 cm³/mol. The van der Waals surface area contributed by atoms with Gasteiger partial charge in [0.1, 0.15) is 5.76 Å². The van der Waals surface area contributed by atoms with Crippen LogP contribution in [0, 0.1) is 11.8 Å². The monoisotopic (exact) mass is 250 g/mol. The lowest BCUT2D eigenvalue weighted by atomic mass is 9.92. The van der Waals surface area contributed by atoms with Crippen molar-refractivity contribution in [1.29, 1.82) is 0 Å². The molecular formula is C14H22N2O2. The zero-order valence-electron chi connectivity index (χ0n) is 11.1. The Morgan fingerprint density at radius 3 is 2.89 bits per heavy atom. The second-order valence-corrected chi connectivity index (χ2v) is 5.45. The van der Waals surface area contributed by atoms with Crippen LogP contribution in [-0.4, -0.2) is 29.9 Å². The van der Waals surface area contributed by atoms with Gasteiger partial charge in [0.25, 0.3) is 0 Å². The Hall–Kier alpha value is -1.29. The van der Waals surface area contributed by atoms with Crippen LogP contribution in [0.25, 0.3) is 0 Å². The van der Waals surface area contributed by atoms with Crippen LogP contribution in [0.15, 0.2) is 22.8 Å². The van der Waals surface area contributed by atoms with Gasteiger partial charge in [0.15, 0.2) is 0 Å². The van der Waals surface area contributed by atoms with E-state index in [4.69, 9.17) is 10.2 Å². The average Bonchev–Trinajstić information content (AvgIpc) is 2.94. The predicted octanol–water partition coefficient (Wildman–Crippen LogP) is 1.65. The summed E-state index contributed by atoms with van der Waals surface area (Å²) in [6, 6.07) is 3.87. The van der Waals surface area contributed by atoms with E-state index in [-0.39, 0.29) is 11.9 Å². The summed E-state index contributed by atoms with van der Waals surface area (Å²) in [5.74, 6) is 2.01. The van der Waals surface area contributed by atoms with E-state index in [9.17, 15) is 4.79 Å². The molecule has 1 aromatic rings. The molecule has 0 bridgehead atoms. The molecule has 1 amide bonds. The second-order valence-electron chi connectivity index (χ2n) is 5.45. The summed E-state index contributed by atoms with van der Waals surface area (Å²) in [5.41, 5.74) is 6.09. The van der Waals surface area contributed by atoms with Gasteiger partial charge in [-0.05, 0) is 24.0 Å². The second kappa shape index (κ2) is 5.57. The highest BCUT2D eigenvalue weighted by molar-refractivity contribution is 5.76. The fourth-order valence-corrected chi connectivity index (χ4v) is 2.61. The maximum atomic E-state index is 12.1. The number of rotatable bonds is 4. The van der Waals surface area contributed by atoms with Crippen molar-refractivity contribution in [2.75, 3.05) is 13.1 Å². The van der Waals surface area contributed by atoms with Crippen LogP contribution in [0.5, 0.6) is 0 Å². The summed E-state index contributed by atoms with van der Waals surface area (Å²) in [6.07, 6.45) is 2.81. The molecule has 0 radical (unpaired) electrons. The highest BCUT2D eigenvalue weighted by Gasteiger charge is 2.34. The molecule has 2 N–H and O–H groups in total. The Labute approximate surface area is 108 Å². The van der Waals surface area contributed by atoms with Gasteiger partial charge in [0, 0.05) is 32.0 Å². The molecule has 18 heavy (non-hydrogen) atoms. The van der Waals surface area contributed by atoms with Crippen molar-refractivity contribution in [3.8, 4) is 0 Å². The van der Waals surface area contributed by atoms with E-state index in [2.05, 4.69) is 13.8 Å².